The maximum atomic E-state index is 12.9. The molecule has 0 aliphatic heterocycles. The highest BCUT2D eigenvalue weighted by molar-refractivity contribution is 7.79. The molecule has 6 heteroatoms. The van der Waals surface area contributed by atoms with Crippen molar-refractivity contribution in [2.45, 2.75) is 39.5 Å². The second-order valence-corrected chi connectivity index (χ2v) is 4.46. The van der Waals surface area contributed by atoms with E-state index in [0.717, 1.165) is 25.7 Å². The maximum Gasteiger partial charge on any atom is 0.233 e. The molecule has 0 aromatic carbocycles. The monoisotopic (exact) mass is 289 g/mol. The molecule has 0 heterocycles. The van der Waals surface area contributed by atoms with Gasteiger partial charge in [0.15, 0.2) is 0 Å². The summed E-state index contributed by atoms with van der Waals surface area (Å²) in [5, 5.41) is 8.35. The van der Waals surface area contributed by atoms with Crippen LogP contribution < -0.4 is 0 Å². The van der Waals surface area contributed by atoms with Crippen molar-refractivity contribution in [1.29, 1.82) is 5.41 Å². The van der Waals surface area contributed by atoms with Crippen molar-refractivity contribution in [3.63, 3.8) is 0 Å². The van der Waals surface area contributed by atoms with Crippen LogP contribution in [0.3, 0.4) is 0 Å². The summed E-state index contributed by atoms with van der Waals surface area (Å²) in [6.45, 7) is 4.44. The smallest absolute Gasteiger partial charge is 0.233 e. The third-order valence-electron chi connectivity index (χ3n) is 2.60. The van der Waals surface area contributed by atoms with Gasteiger partial charge in [-0.25, -0.2) is 4.40 Å². The topological polar surface area (TPSA) is 48.7 Å². The lowest BCUT2D eigenvalue weighted by atomic mass is 10.1. The quantitative estimate of drug-likeness (QED) is 0.224. The van der Waals surface area contributed by atoms with Gasteiger partial charge in [0, 0.05) is 7.05 Å². The standard InChI is InChI=1S/C13H24FN3OS/c1-4-6-7-8-9-18-13(15)12(16-19)11(5-2)10-17(3)14/h5,15,19H,4,6-10H2,1-3H3/b11-5+,15-13?,16-12-. The van der Waals surface area contributed by atoms with Gasteiger partial charge in [-0.05, 0) is 31.7 Å². The number of ether oxygens (including phenoxy) is 1. The lowest BCUT2D eigenvalue weighted by Crippen LogP contribution is -2.24. The van der Waals surface area contributed by atoms with E-state index in [2.05, 4.69) is 24.1 Å². The Bertz CT molecular complexity index is 330. The highest BCUT2D eigenvalue weighted by Crippen LogP contribution is 2.07. The zero-order chi connectivity index (χ0) is 14.7. The molecule has 0 aromatic rings. The van der Waals surface area contributed by atoms with Gasteiger partial charge < -0.3 is 4.74 Å². The summed E-state index contributed by atoms with van der Waals surface area (Å²) in [5.41, 5.74) is 0.865. The van der Waals surface area contributed by atoms with E-state index in [1.54, 1.807) is 13.0 Å². The predicted octanol–water partition coefficient (Wildman–Crippen LogP) is 3.61. The van der Waals surface area contributed by atoms with E-state index in [9.17, 15) is 4.48 Å². The SMILES string of the molecule is C/C=C(CN(C)F)/C(=N/S)C(=N)OCCCCCC. The number of halogens is 1. The predicted molar refractivity (Wildman–Crippen MR) is 81.7 cm³/mol. The number of thiol groups is 1. The average molecular weight is 289 g/mol. The van der Waals surface area contributed by atoms with E-state index >= 15 is 0 Å². The van der Waals surface area contributed by atoms with Crippen LogP contribution in [0.5, 0.6) is 0 Å². The molecular weight excluding hydrogens is 265 g/mol. The van der Waals surface area contributed by atoms with Crippen LogP contribution >= 0.6 is 12.8 Å². The molecule has 0 amide bonds. The van der Waals surface area contributed by atoms with Crippen molar-refractivity contribution >= 4 is 24.4 Å². The third-order valence-corrected chi connectivity index (χ3v) is 2.80. The molecule has 1 N–H and O–H groups in total. The van der Waals surface area contributed by atoms with Crippen LogP contribution in [0.25, 0.3) is 0 Å². The molecule has 0 unspecified atom stereocenters. The number of nitrogens with one attached hydrogen (secondary N) is 1. The number of nitrogens with zero attached hydrogens (tertiary/aromatic N) is 2. The first-order valence-electron chi connectivity index (χ1n) is 6.53. The van der Waals surface area contributed by atoms with E-state index in [1.807, 2.05) is 0 Å². The maximum absolute atomic E-state index is 12.9. The summed E-state index contributed by atoms with van der Waals surface area (Å²) in [7, 11) is 1.31. The van der Waals surface area contributed by atoms with Gasteiger partial charge in [-0.15, -0.1) is 9.60 Å². The van der Waals surface area contributed by atoms with Gasteiger partial charge in [0.2, 0.25) is 5.90 Å². The largest absolute Gasteiger partial charge is 0.477 e. The van der Waals surface area contributed by atoms with E-state index in [0.29, 0.717) is 17.3 Å². The Hall–Kier alpha value is -0.880. The van der Waals surface area contributed by atoms with Crippen LogP contribution in [-0.4, -0.2) is 36.9 Å². The number of unbranched alkanes of at least 4 members (excludes halogenated alkanes) is 3. The molecule has 0 atom stereocenters. The third kappa shape index (κ3) is 8.00. The normalized spacial score (nSPS) is 12.9. The number of rotatable bonds is 9. The van der Waals surface area contributed by atoms with E-state index < -0.39 is 0 Å². The Kier molecular flexibility index (Phi) is 10.5. The van der Waals surface area contributed by atoms with Crippen molar-refractivity contribution in [1.82, 2.24) is 5.12 Å². The van der Waals surface area contributed by atoms with Crippen molar-refractivity contribution in [3.05, 3.63) is 11.6 Å². The Labute approximate surface area is 120 Å². The number of allylic oxidation sites excluding steroid dienone is 1. The van der Waals surface area contributed by atoms with Crippen LogP contribution in [-0.2, 0) is 4.74 Å². The van der Waals surface area contributed by atoms with Gasteiger partial charge in [-0.1, -0.05) is 32.3 Å². The Morgan fingerprint density at radius 3 is 2.58 bits per heavy atom. The molecule has 0 aliphatic carbocycles. The molecule has 0 aliphatic rings. The Morgan fingerprint density at radius 1 is 1.42 bits per heavy atom. The van der Waals surface area contributed by atoms with Gasteiger partial charge in [0.25, 0.3) is 0 Å². The minimum Gasteiger partial charge on any atom is -0.477 e. The van der Waals surface area contributed by atoms with Crippen LogP contribution in [0.15, 0.2) is 16.0 Å². The van der Waals surface area contributed by atoms with Crippen LogP contribution in [0.4, 0.5) is 4.48 Å². The summed E-state index contributed by atoms with van der Waals surface area (Å²) >= 11 is 3.83. The van der Waals surface area contributed by atoms with Crippen molar-refractivity contribution in [2.24, 2.45) is 4.40 Å². The molecule has 0 radical (unpaired) electrons. The lowest BCUT2D eigenvalue weighted by molar-refractivity contribution is 0.0744. The molecule has 0 aromatic heterocycles. The molecule has 0 spiro atoms. The Morgan fingerprint density at radius 2 is 2.11 bits per heavy atom. The molecule has 19 heavy (non-hydrogen) atoms. The number of hydrogen-bond acceptors (Lipinski definition) is 5. The van der Waals surface area contributed by atoms with Gasteiger partial charge in [0.05, 0.1) is 13.2 Å². The fourth-order valence-corrected chi connectivity index (χ4v) is 1.78. The molecule has 0 rings (SSSR count). The first kappa shape index (κ1) is 18.1. The van der Waals surface area contributed by atoms with Crippen LogP contribution in [0.1, 0.15) is 39.5 Å². The molecule has 0 saturated carbocycles. The molecule has 0 saturated heterocycles. The summed E-state index contributed by atoms with van der Waals surface area (Å²) in [6, 6.07) is 0. The molecule has 0 bridgehead atoms. The van der Waals surface area contributed by atoms with Gasteiger partial charge in [-0.2, -0.15) is 0 Å². The van der Waals surface area contributed by atoms with Crippen LogP contribution in [0.2, 0.25) is 0 Å². The fraction of sp³-hybridized carbons (Fsp3) is 0.692. The van der Waals surface area contributed by atoms with Gasteiger partial charge in [0.1, 0.15) is 5.71 Å². The minimum absolute atomic E-state index is 0.0530. The first-order chi connectivity index (χ1) is 9.06. The zero-order valence-corrected chi connectivity index (χ0v) is 12.8. The van der Waals surface area contributed by atoms with E-state index in [4.69, 9.17) is 10.1 Å². The highest BCUT2D eigenvalue weighted by atomic mass is 32.1. The number of likely N-dealkylation sites (N-methyl/N-ethyl adjacent to an activating group) is 1. The van der Waals surface area contributed by atoms with Crippen molar-refractivity contribution in [2.75, 3.05) is 20.2 Å². The molecule has 4 nitrogen and oxygen atoms in total. The molecule has 110 valence electrons. The van der Waals surface area contributed by atoms with Gasteiger partial charge >= 0.3 is 0 Å². The summed E-state index contributed by atoms with van der Waals surface area (Å²) < 4.78 is 21.9. The van der Waals surface area contributed by atoms with E-state index in [1.165, 1.54) is 7.05 Å². The van der Waals surface area contributed by atoms with E-state index in [-0.39, 0.29) is 18.2 Å². The lowest BCUT2D eigenvalue weighted by Gasteiger charge is -2.13. The second kappa shape index (κ2) is 11.0. The summed E-state index contributed by atoms with van der Waals surface area (Å²) in [4.78, 5) is 0. The summed E-state index contributed by atoms with van der Waals surface area (Å²) in [6.07, 6.45) is 6.02. The number of hydrogen-bond donors (Lipinski definition) is 2. The average Bonchev–Trinajstić information content (AvgIpc) is 2.37. The first-order valence-corrected chi connectivity index (χ1v) is 6.93. The zero-order valence-electron chi connectivity index (χ0n) is 11.9. The molecular formula is C13H24FN3OS. The Balaban J connectivity index is 4.32. The van der Waals surface area contributed by atoms with Gasteiger partial charge in [-0.3, -0.25) is 5.41 Å². The highest BCUT2D eigenvalue weighted by Gasteiger charge is 2.15. The minimum atomic E-state index is -0.0542. The van der Waals surface area contributed by atoms with Crippen molar-refractivity contribution < 1.29 is 9.22 Å². The van der Waals surface area contributed by atoms with Crippen LogP contribution in [0, 0.1) is 5.41 Å². The summed E-state index contributed by atoms with van der Waals surface area (Å²) in [5.74, 6) is -0.0542. The van der Waals surface area contributed by atoms with Crippen molar-refractivity contribution in [3.8, 4) is 0 Å². The molecule has 0 fully saturated rings. The fourth-order valence-electron chi connectivity index (χ4n) is 1.56. The second-order valence-electron chi connectivity index (χ2n) is 4.26.